The molecule has 0 rings (SSSR count). The Labute approximate surface area is 48.4 Å². The Bertz CT molecular complexity index is 5.51. The zero-order chi connectivity index (χ0) is 2.00. The molecule has 0 fully saturated rings. The van der Waals surface area contributed by atoms with E-state index in [0.29, 0.717) is 0 Å². The summed E-state index contributed by atoms with van der Waals surface area (Å²) in [7, 11) is 0. The van der Waals surface area contributed by atoms with Crippen molar-refractivity contribution < 1.29 is 0 Å². The highest BCUT2D eigenvalue weighted by atomic mass is 13.0. The molecule has 0 spiro atoms. The largest absolute Gasteiger partial charge is 0.0683 e. The molecule has 0 aliphatic heterocycles. The second-order valence-electron chi connectivity index (χ2n) is 0. The smallest absolute Gasteiger partial charge is 0 e. The van der Waals surface area contributed by atoms with Gasteiger partial charge in [0.05, 0.1) is 0 Å². The zero-order valence-corrected chi connectivity index (χ0v) is 4.31. The summed E-state index contributed by atoms with van der Waals surface area (Å²) in [6, 6.07) is 0. The summed E-state index contributed by atoms with van der Waals surface area (Å²) in [5, 5.41) is 0. The normalized spacial score (nSPS) is 1.00. The van der Waals surface area contributed by atoms with Crippen LogP contribution in [0.25, 0.3) is 0 Å². The molecule has 12 radical (unpaired) electrons. The maximum atomic E-state index is 2.00. The van der Waals surface area contributed by atoms with Crippen molar-refractivity contribution in [1.29, 1.82) is 0 Å². The molecule has 0 aromatic rings. The summed E-state index contributed by atoms with van der Waals surface area (Å²) in [6.07, 6.45) is 0. The average molecular weight is 73.3 g/mol. The molecule has 0 N–H and O–H groups in total. The molecule has 4 heteroatoms. The summed E-state index contributed by atoms with van der Waals surface area (Å²) in [4.78, 5) is 0. The zero-order valence-electron chi connectivity index (χ0n) is 4.31. The van der Waals surface area contributed by atoms with Crippen LogP contribution in [0.2, 0.25) is 0 Å². The molecule has 0 nitrogen and oxygen atoms in total. The predicted molar refractivity (Wildman–Crippen MR) is 34.4 cm³/mol. The minimum Gasteiger partial charge on any atom is -0.0683 e. The summed E-state index contributed by atoms with van der Waals surface area (Å²) < 4.78 is 0. The predicted octanol–water partition coefficient (Wildman–Crippen LogP) is -0.497. The van der Waals surface area contributed by atoms with Gasteiger partial charge in [-0.25, -0.2) is 0 Å². The van der Waals surface area contributed by atoms with Gasteiger partial charge in [-0.15, -0.1) is 0 Å². The standard InChI is InChI=1S/C2H6.4B/c1-2;;;;/h1-2H3;;;;. The van der Waals surface area contributed by atoms with Crippen LogP contribution in [0.3, 0.4) is 0 Å². The first-order valence-corrected chi connectivity index (χ1v) is 1.00. The van der Waals surface area contributed by atoms with Crippen LogP contribution in [-0.4, -0.2) is 33.7 Å². The monoisotopic (exact) mass is 74.1 g/mol. The SMILES string of the molecule is CC.[B].[B].[B].[B]. The Balaban J connectivity index is -0.000000000833. The van der Waals surface area contributed by atoms with E-state index in [1.54, 1.807) is 0 Å². The molecule has 0 atom stereocenters. The van der Waals surface area contributed by atoms with Crippen LogP contribution in [0.5, 0.6) is 0 Å². The fourth-order valence-electron chi connectivity index (χ4n) is 0. The molecule has 0 unspecified atom stereocenters. The van der Waals surface area contributed by atoms with Gasteiger partial charge in [0, 0.05) is 33.7 Å². The van der Waals surface area contributed by atoms with Crippen molar-refractivity contribution in [2.75, 3.05) is 0 Å². The van der Waals surface area contributed by atoms with E-state index in [9.17, 15) is 0 Å². The van der Waals surface area contributed by atoms with E-state index < -0.39 is 0 Å². The van der Waals surface area contributed by atoms with E-state index in [1.165, 1.54) is 0 Å². The lowest BCUT2D eigenvalue weighted by molar-refractivity contribution is 1.50. The van der Waals surface area contributed by atoms with Gasteiger partial charge in [-0.05, 0) is 0 Å². The van der Waals surface area contributed by atoms with Crippen LogP contribution in [-0.2, 0) is 0 Å². The maximum absolute atomic E-state index is 2.00. The van der Waals surface area contributed by atoms with Crippen molar-refractivity contribution in [1.82, 2.24) is 0 Å². The molecule has 0 heterocycles. The molecule has 0 bridgehead atoms. The van der Waals surface area contributed by atoms with Gasteiger partial charge in [0.1, 0.15) is 0 Å². The Morgan fingerprint density at radius 1 is 0.500 bits per heavy atom. The summed E-state index contributed by atoms with van der Waals surface area (Å²) in [5.41, 5.74) is 0. The van der Waals surface area contributed by atoms with Crippen LogP contribution in [0, 0.1) is 0 Å². The van der Waals surface area contributed by atoms with Gasteiger partial charge >= 0.3 is 0 Å². The van der Waals surface area contributed by atoms with Crippen molar-refractivity contribution in [3.8, 4) is 0 Å². The summed E-state index contributed by atoms with van der Waals surface area (Å²) in [6.45, 7) is 4.00. The quantitative estimate of drug-likeness (QED) is 0.339. The molecule has 6 heavy (non-hydrogen) atoms. The van der Waals surface area contributed by atoms with Gasteiger partial charge in [-0.2, -0.15) is 0 Å². The van der Waals surface area contributed by atoms with E-state index in [2.05, 4.69) is 0 Å². The van der Waals surface area contributed by atoms with E-state index in [1.807, 2.05) is 13.8 Å². The van der Waals surface area contributed by atoms with Gasteiger partial charge < -0.3 is 0 Å². The molecular formula is C2H6B4. The van der Waals surface area contributed by atoms with Gasteiger partial charge in [0.15, 0.2) is 0 Å². The minimum atomic E-state index is 0. The Morgan fingerprint density at radius 3 is 0.500 bits per heavy atom. The average Bonchev–Trinajstić information content (AvgIpc) is 1.00. The number of rotatable bonds is 0. The van der Waals surface area contributed by atoms with E-state index in [0.717, 1.165) is 0 Å². The third-order valence-electron chi connectivity index (χ3n) is 0. The van der Waals surface area contributed by atoms with Crippen LogP contribution in [0.4, 0.5) is 0 Å². The highest BCUT2D eigenvalue weighted by Crippen LogP contribution is 1.14. The molecule has 0 aromatic heterocycles. The molecule has 0 saturated heterocycles. The van der Waals surface area contributed by atoms with Gasteiger partial charge in [-0.1, -0.05) is 13.8 Å². The molecule has 0 saturated carbocycles. The second-order valence-corrected chi connectivity index (χ2v) is 0. The van der Waals surface area contributed by atoms with Crippen LogP contribution < -0.4 is 0 Å². The lowest BCUT2D eigenvalue weighted by Gasteiger charge is -1.07. The molecule has 0 amide bonds. The molecule has 0 aromatic carbocycles. The third kappa shape index (κ3) is 671. The molecule has 0 aliphatic carbocycles. The third-order valence-corrected chi connectivity index (χ3v) is 0. The van der Waals surface area contributed by atoms with Crippen LogP contribution >= 0.6 is 0 Å². The van der Waals surface area contributed by atoms with Crippen molar-refractivity contribution >= 4 is 33.7 Å². The fourth-order valence-corrected chi connectivity index (χ4v) is 0. The molecular weight excluding hydrogens is 67.3 g/mol. The van der Waals surface area contributed by atoms with Crippen LogP contribution in [0.1, 0.15) is 13.8 Å². The van der Waals surface area contributed by atoms with E-state index in [4.69, 9.17) is 0 Å². The fraction of sp³-hybridized carbons (Fsp3) is 1.00. The first kappa shape index (κ1) is 109. The highest BCUT2D eigenvalue weighted by molar-refractivity contribution is 5.76. The lowest BCUT2D eigenvalue weighted by atomic mass is 10.8. The minimum absolute atomic E-state index is 0. The second kappa shape index (κ2) is 1410. The number of hydrogen-bond donors (Lipinski definition) is 0. The summed E-state index contributed by atoms with van der Waals surface area (Å²) in [5.74, 6) is 0. The first-order chi connectivity index (χ1) is 1.00. The van der Waals surface area contributed by atoms with Crippen molar-refractivity contribution in [2.24, 2.45) is 0 Å². The Hall–Kier alpha value is 0.260. The Kier molecular flexibility index (Phi) is 25700. The van der Waals surface area contributed by atoms with E-state index in [-0.39, 0.29) is 33.7 Å². The van der Waals surface area contributed by atoms with Crippen molar-refractivity contribution in [3.05, 3.63) is 0 Å². The van der Waals surface area contributed by atoms with Crippen LogP contribution in [0.15, 0.2) is 0 Å². The molecule has 26 valence electrons. The topological polar surface area (TPSA) is 0 Å². The first-order valence-electron chi connectivity index (χ1n) is 1.00. The van der Waals surface area contributed by atoms with Crippen molar-refractivity contribution in [3.63, 3.8) is 0 Å². The summed E-state index contributed by atoms with van der Waals surface area (Å²) >= 11 is 0. The van der Waals surface area contributed by atoms with Crippen molar-refractivity contribution in [2.45, 2.75) is 13.8 Å². The number of hydrogen-bond acceptors (Lipinski definition) is 0. The maximum Gasteiger partial charge on any atom is 0 e. The van der Waals surface area contributed by atoms with Gasteiger partial charge in [0.25, 0.3) is 0 Å². The van der Waals surface area contributed by atoms with E-state index >= 15 is 0 Å². The Morgan fingerprint density at radius 2 is 0.500 bits per heavy atom. The lowest BCUT2D eigenvalue weighted by Crippen LogP contribution is -0.856. The van der Waals surface area contributed by atoms with Gasteiger partial charge in [0.2, 0.25) is 0 Å². The molecule has 0 aliphatic rings. The highest BCUT2D eigenvalue weighted by Gasteiger charge is 0.932. The van der Waals surface area contributed by atoms with Gasteiger partial charge in [-0.3, -0.25) is 0 Å².